The Kier molecular flexibility index (Phi) is 5.43. The number of benzene rings is 1. The predicted molar refractivity (Wildman–Crippen MR) is 93.8 cm³/mol. The first-order chi connectivity index (χ1) is 12.1. The summed E-state index contributed by atoms with van der Waals surface area (Å²) in [6.45, 7) is 2.97. The fourth-order valence-corrected chi connectivity index (χ4v) is 3.34. The number of rotatable bonds is 3. The number of anilines is 1. The van der Waals surface area contributed by atoms with Crippen molar-refractivity contribution in [2.24, 2.45) is 0 Å². The molecule has 2 aliphatic rings. The van der Waals surface area contributed by atoms with Crippen molar-refractivity contribution in [2.45, 2.75) is 12.5 Å². The lowest BCUT2D eigenvalue weighted by atomic mass is 10.2. The van der Waals surface area contributed by atoms with Crippen LogP contribution in [0.4, 0.5) is 5.69 Å². The summed E-state index contributed by atoms with van der Waals surface area (Å²) in [5, 5.41) is 0. The Labute approximate surface area is 148 Å². The monoisotopic (exact) mass is 347 g/mol. The van der Waals surface area contributed by atoms with E-state index < -0.39 is 6.10 Å². The zero-order chi connectivity index (χ0) is 17.8. The Bertz CT molecular complexity index is 637. The molecular formula is C18H25N3O4. The van der Waals surface area contributed by atoms with Crippen LogP contribution < -0.4 is 9.64 Å². The van der Waals surface area contributed by atoms with Crippen LogP contribution in [0.1, 0.15) is 6.42 Å². The van der Waals surface area contributed by atoms with Gasteiger partial charge in [-0.2, -0.15) is 0 Å². The molecule has 7 heteroatoms. The number of para-hydroxylation sites is 2. The van der Waals surface area contributed by atoms with Gasteiger partial charge in [0.05, 0.1) is 12.2 Å². The topological polar surface area (TPSA) is 62.3 Å². The van der Waals surface area contributed by atoms with Gasteiger partial charge in [0, 0.05) is 40.3 Å². The van der Waals surface area contributed by atoms with Crippen molar-refractivity contribution in [1.82, 2.24) is 9.80 Å². The van der Waals surface area contributed by atoms with Gasteiger partial charge in [-0.05, 0) is 18.6 Å². The molecule has 1 atom stereocenters. The SMILES string of the molecule is COCC(=O)N1CCCN(C(=O)[C@H]2CN(C)c3ccccc3O2)CC1. The number of amides is 2. The molecule has 2 amide bonds. The average molecular weight is 347 g/mol. The lowest BCUT2D eigenvalue weighted by Crippen LogP contribution is -2.50. The molecule has 3 rings (SSSR count). The molecule has 0 aromatic heterocycles. The minimum Gasteiger partial charge on any atom is -0.477 e. The van der Waals surface area contributed by atoms with Gasteiger partial charge in [-0.25, -0.2) is 0 Å². The highest BCUT2D eigenvalue weighted by Gasteiger charge is 2.33. The van der Waals surface area contributed by atoms with Crippen molar-refractivity contribution in [1.29, 1.82) is 0 Å². The van der Waals surface area contributed by atoms with Crippen LogP contribution in [0, 0.1) is 0 Å². The molecule has 0 aliphatic carbocycles. The third-order valence-electron chi connectivity index (χ3n) is 4.69. The first-order valence-corrected chi connectivity index (χ1v) is 8.62. The number of nitrogens with zero attached hydrogens (tertiary/aromatic N) is 3. The third kappa shape index (κ3) is 3.87. The van der Waals surface area contributed by atoms with Gasteiger partial charge >= 0.3 is 0 Å². The van der Waals surface area contributed by atoms with Crippen molar-refractivity contribution < 1.29 is 19.1 Å². The summed E-state index contributed by atoms with van der Waals surface area (Å²) in [5.74, 6) is 0.697. The molecule has 1 saturated heterocycles. The molecule has 25 heavy (non-hydrogen) atoms. The summed E-state index contributed by atoms with van der Waals surface area (Å²) in [7, 11) is 3.48. The van der Waals surface area contributed by atoms with Gasteiger partial charge in [0.2, 0.25) is 5.91 Å². The van der Waals surface area contributed by atoms with Gasteiger partial charge in [0.1, 0.15) is 12.4 Å². The summed E-state index contributed by atoms with van der Waals surface area (Å²) < 4.78 is 10.9. The predicted octanol–water partition coefficient (Wildman–Crippen LogP) is 0.591. The number of ether oxygens (including phenoxy) is 2. The van der Waals surface area contributed by atoms with E-state index in [9.17, 15) is 9.59 Å². The van der Waals surface area contributed by atoms with Crippen LogP contribution in [-0.4, -0.2) is 81.2 Å². The lowest BCUT2D eigenvalue weighted by Gasteiger charge is -2.35. The smallest absolute Gasteiger partial charge is 0.265 e. The van der Waals surface area contributed by atoms with E-state index in [1.165, 1.54) is 7.11 Å². The number of hydrogen-bond acceptors (Lipinski definition) is 5. The third-order valence-corrected chi connectivity index (χ3v) is 4.69. The molecule has 1 aromatic rings. The maximum Gasteiger partial charge on any atom is 0.265 e. The first kappa shape index (κ1) is 17.5. The van der Waals surface area contributed by atoms with Crippen LogP contribution in [0.3, 0.4) is 0 Å². The van der Waals surface area contributed by atoms with Crippen molar-refractivity contribution in [2.75, 3.05) is 58.4 Å². The van der Waals surface area contributed by atoms with E-state index in [1.807, 2.05) is 41.1 Å². The molecule has 1 aromatic carbocycles. The number of hydrogen-bond donors (Lipinski definition) is 0. The van der Waals surface area contributed by atoms with Crippen LogP contribution in [0.15, 0.2) is 24.3 Å². The Balaban J connectivity index is 1.63. The lowest BCUT2D eigenvalue weighted by molar-refractivity contribution is -0.139. The maximum atomic E-state index is 12.9. The zero-order valence-corrected chi connectivity index (χ0v) is 14.8. The fraction of sp³-hybridized carbons (Fsp3) is 0.556. The number of carbonyl (C=O) groups excluding carboxylic acids is 2. The Hall–Kier alpha value is -2.28. The molecule has 0 spiro atoms. The van der Waals surface area contributed by atoms with E-state index in [0.717, 1.165) is 17.9 Å². The molecule has 1 fully saturated rings. The number of methoxy groups -OCH3 is 1. The zero-order valence-electron chi connectivity index (χ0n) is 14.8. The van der Waals surface area contributed by atoms with E-state index in [-0.39, 0.29) is 18.4 Å². The van der Waals surface area contributed by atoms with E-state index >= 15 is 0 Å². The van der Waals surface area contributed by atoms with Crippen LogP contribution in [0.25, 0.3) is 0 Å². The van der Waals surface area contributed by atoms with Gasteiger partial charge in [-0.15, -0.1) is 0 Å². The van der Waals surface area contributed by atoms with Crippen LogP contribution in [0.5, 0.6) is 5.75 Å². The second-order valence-electron chi connectivity index (χ2n) is 6.45. The molecule has 7 nitrogen and oxygen atoms in total. The average Bonchev–Trinajstić information content (AvgIpc) is 2.87. The maximum absolute atomic E-state index is 12.9. The highest BCUT2D eigenvalue weighted by Crippen LogP contribution is 2.32. The van der Waals surface area contributed by atoms with E-state index in [0.29, 0.717) is 32.7 Å². The highest BCUT2D eigenvalue weighted by molar-refractivity contribution is 5.83. The van der Waals surface area contributed by atoms with E-state index in [2.05, 4.69) is 0 Å². The minimum absolute atomic E-state index is 0.0117. The fourth-order valence-electron chi connectivity index (χ4n) is 3.34. The Morgan fingerprint density at radius 1 is 1.16 bits per heavy atom. The Morgan fingerprint density at radius 3 is 2.68 bits per heavy atom. The molecule has 0 saturated carbocycles. The molecular weight excluding hydrogens is 322 g/mol. The van der Waals surface area contributed by atoms with E-state index in [1.54, 1.807) is 4.90 Å². The van der Waals surface area contributed by atoms with Gasteiger partial charge in [-0.1, -0.05) is 12.1 Å². The molecule has 0 unspecified atom stereocenters. The standard InChI is InChI=1S/C18H25N3O4/c1-19-12-16(25-15-7-4-3-6-14(15)19)18(23)21-9-5-8-20(10-11-21)17(22)13-24-2/h3-4,6-7,16H,5,8-13H2,1-2H3/t16-/m1/s1. The minimum atomic E-state index is -0.513. The van der Waals surface area contributed by atoms with Gasteiger partial charge in [0.25, 0.3) is 5.91 Å². The number of fused-ring (bicyclic) bond motifs is 1. The quantitative estimate of drug-likeness (QED) is 0.801. The highest BCUT2D eigenvalue weighted by atomic mass is 16.5. The normalized spacial score (nSPS) is 20.6. The Morgan fingerprint density at radius 2 is 1.88 bits per heavy atom. The van der Waals surface area contributed by atoms with Crippen LogP contribution in [-0.2, 0) is 14.3 Å². The first-order valence-electron chi connectivity index (χ1n) is 8.62. The van der Waals surface area contributed by atoms with Crippen molar-refractivity contribution >= 4 is 17.5 Å². The summed E-state index contributed by atoms with van der Waals surface area (Å²) in [6, 6.07) is 7.74. The largest absolute Gasteiger partial charge is 0.477 e. The van der Waals surface area contributed by atoms with Gasteiger partial charge in [0.15, 0.2) is 6.10 Å². The van der Waals surface area contributed by atoms with Crippen molar-refractivity contribution in [3.05, 3.63) is 24.3 Å². The van der Waals surface area contributed by atoms with Gasteiger partial charge in [-0.3, -0.25) is 9.59 Å². The second kappa shape index (κ2) is 7.74. The second-order valence-corrected chi connectivity index (χ2v) is 6.45. The molecule has 2 aliphatic heterocycles. The van der Waals surface area contributed by atoms with Crippen LogP contribution >= 0.6 is 0 Å². The molecule has 2 heterocycles. The summed E-state index contributed by atoms with van der Waals surface area (Å²) in [5.41, 5.74) is 0.999. The van der Waals surface area contributed by atoms with Crippen molar-refractivity contribution in [3.8, 4) is 5.75 Å². The molecule has 0 radical (unpaired) electrons. The van der Waals surface area contributed by atoms with E-state index in [4.69, 9.17) is 9.47 Å². The summed E-state index contributed by atoms with van der Waals surface area (Å²) in [4.78, 5) is 30.5. The van der Waals surface area contributed by atoms with Gasteiger partial charge < -0.3 is 24.2 Å². The number of likely N-dealkylation sites (N-methyl/N-ethyl adjacent to an activating group) is 1. The summed E-state index contributed by atoms with van der Waals surface area (Å²) >= 11 is 0. The summed E-state index contributed by atoms with van der Waals surface area (Å²) in [6.07, 6.45) is 0.251. The number of carbonyl (C=O) groups is 2. The van der Waals surface area contributed by atoms with Crippen LogP contribution in [0.2, 0.25) is 0 Å². The molecule has 136 valence electrons. The molecule has 0 bridgehead atoms. The molecule has 0 N–H and O–H groups in total. The van der Waals surface area contributed by atoms with Crippen molar-refractivity contribution in [3.63, 3.8) is 0 Å².